The van der Waals surface area contributed by atoms with E-state index < -0.39 is 5.91 Å². The van der Waals surface area contributed by atoms with Gasteiger partial charge in [0.25, 0.3) is 17.7 Å². The van der Waals surface area contributed by atoms with Gasteiger partial charge in [0.15, 0.2) is 0 Å². The van der Waals surface area contributed by atoms with E-state index in [1.165, 1.54) is 11.0 Å². The van der Waals surface area contributed by atoms with Gasteiger partial charge < -0.3 is 10.1 Å². The summed E-state index contributed by atoms with van der Waals surface area (Å²) in [5.74, 6) is -0.271. The number of aryl methyl sites for hydroxylation is 2. The third-order valence-corrected chi connectivity index (χ3v) is 7.29. The van der Waals surface area contributed by atoms with Gasteiger partial charge in [0, 0.05) is 17.7 Å². The number of amides is 3. The van der Waals surface area contributed by atoms with Crippen LogP contribution in [0.4, 0.5) is 5.69 Å². The van der Waals surface area contributed by atoms with Gasteiger partial charge in [-0.05, 0) is 81.2 Å². The molecule has 2 heterocycles. The number of carbonyl (C=O) groups is 3. The highest BCUT2D eigenvalue weighted by atomic mass is 16.5. The number of carbonyl (C=O) groups excluding carboxylic acids is 3. The Morgan fingerprint density at radius 3 is 2.43 bits per heavy atom. The number of nitrogens with one attached hydrogen (secondary N) is 1. The highest BCUT2D eigenvalue weighted by Crippen LogP contribution is 2.33. The van der Waals surface area contributed by atoms with Crippen LogP contribution in [0.25, 0.3) is 0 Å². The summed E-state index contributed by atoms with van der Waals surface area (Å²) in [6.45, 7) is 6.11. The third-order valence-electron chi connectivity index (χ3n) is 7.29. The first-order valence-electron chi connectivity index (χ1n) is 12.6. The lowest BCUT2D eigenvalue weighted by atomic mass is 10.0. The SMILES string of the molecule is COc1ccccc1[C@H](CNC(=O)c1ccc2c(c1)C(=O)N(c1cc(C)ccc1C)C2=O)N1CCCC1. The molecule has 1 atom stereocenters. The minimum atomic E-state index is -0.410. The molecule has 0 radical (unpaired) electrons. The predicted molar refractivity (Wildman–Crippen MR) is 142 cm³/mol. The molecule has 2 aliphatic rings. The fraction of sp³-hybridized carbons (Fsp3) is 0.300. The standard InChI is InChI=1S/C30H31N3O4/c1-19-10-11-20(2)25(16-19)33-29(35)22-13-12-21(17-24(22)30(33)36)28(34)31-18-26(32-14-6-7-15-32)23-8-4-5-9-27(23)37-3/h4-5,8-13,16-17,26H,6-7,14-15,18H2,1-3H3,(H,31,34)/t26-/m0/s1. The highest BCUT2D eigenvalue weighted by Gasteiger charge is 2.38. The van der Waals surface area contributed by atoms with Gasteiger partial charge in [0.05, 0.1) is 30.0 Å². The molecule has 0 spiro atoms. The molecule has 7 heteroatoms. The van der Waals surface area contributed by atoms with Crippen molar-refractivity contribution in [2.24, 2.45) is 0 Å². The summed E-state index contributed by atoms with van der Waals surface area (Å²) >= 11 is 0. The number of hydrogen-bond donors (Lipinski definition) is 1. The number of anilines is 1. The van der Waals surface area contributed by atoms with Crippen molar-refractivity contribution >= 4 is 23.4 Å². The second-order valence-electron chi connectivity index (χ2n) is 9.71. The maximum absolute atomic E-state index is 13.3. The summed E-state index contributed by atoms with van der Waals surface area (Å²) in [5, 5.41) is 3.06. The van der Waals surface area contributed by atoms with E-state index in [1.807, 2.05) is 56.3 Å². The first kappa shape index (κ1) is 24.7. The number of nitrogens with zero attached hydrogens (tertiary/aromatic N) is 2. The van der Waals surface area contributed by atoms with Gasteiger partial charge in [-0.1, -0.05) is 30.3 Å². The summed E-state index contributed by atoms with van der Waals surface area (Å²) in [6.07, 6.45) is 2.24. The van der Waals surface area contributed by atoms with Crippen molar-refractivity contribution in [2.75, 3.05) is 31.6 Å². The zero-order valence-corrected chi connectivity index (χ0v) is 21.4. The summed E-state index contributed by atoms with van der Waals surface area (Å²) in [5.41, 5.74) is 4.31. The number of ether oxygens (including phenoxy) is 1. The number of benzene rings is 3. The van der Waals surface area contributed by atoms with Crippen molar-refractivity contribution in [3.05, 3.63) is 94.0 Å². The summed E-state index contributed by atoms with van der Waals surface area (Å²) in [7, 11) is 1.66. The van der Waals surface area contributed by atoms with Crippen LogP contribution in [0.3, 0.4) is 0 Å². The zero-order chi connectivity index (χ0) is 26.1. The molecule has 2 aliphatic heterocycles. The topological polar surface area (TPSA) is 79.0 Å². The van der Waals surface area contributed by atoms with Gasteiger partial charge in [0.1, 0.15) is 5.75 Å². The van der Waals surface area contributed by atoms with E-state index in [0.29, 0.717) is 23.4 Å². The van der Waals surface area contributed by atoms with Crippen LogP contribution in [0.1, 0.15) is 66.6 Å². The van der Waals surface area contributed by atoms with E-state index in [4.69, 9.17) is 4.74 Å². The number of hydrogen-bond acceptors (Lipinski definition) is 5. The van der Waals surface area contributed by atoms with Gasteiger partial charge >= 0.3 is 0 Å². The minimum Gasteiger partial charge on any atom is -0.496 e. The van der Waals surface area contributed by atoms with Gasteiger partial charge in [-0.25, -0.2) is 4.90 Å². The maximum Gasteiger partial charge on any atom is 0.266 e. The van der Waals surface area contributed by atoms with Crippen molar-refractivity contribution in [1.29, 1.82) is 0 Å². The molecule has 190 valence electrons. The van der Waals surface area contributed by atoms with E-state index in [0.717, 1.165) is 48.4 Å². The Morgan fingerprint density at radius 1 is 0.946 bits per heavy atom. The lowest BCUT2D eigenvalue weighted by molar-refractivity contribution is 0.0921. The van der Waals surface area contributed by atoms with Gasteiger partial charge in [0.2, 0.25) is 0 Å². The molecule has 1 fully saturated rings. The monoisotopic (exact) mass is 497 g/mol. The average molecular weight is 498 g/mol. The quantitative estimate of drug-likeness (QED) is 0.480. The molecule has 0 aliphatic carbocycles. The number of fused-ring (bicyclic) bond motifs is 1. The number of para-hydroxylation sites is 1. The normalized spacial score (nSPS) is 16.1. The molecule has 1 saturated heterocycles. The lowest BCUT2D eigenvalue weighted by Gasteiger charge is -2.29. The molecular formula is C30H31N3O4. The Morgan fingerprint density at radius 2 is 1.68 bits per heavy atom. The van der Waals surface area contributed by atoms with Crippen molar-refractivity contribution in [2.45, 2.75) is 32.7 Å². The molecule has 7 nitrogen and oxygen atoms in total. The number of imide groups is 1. The van der Waals surface area contributed by atoms with E-state index in [-0.39, 0.29) is 23.4 Å². The molecule has 0 aromatic heterocycles. The van der Waals surface area contributed by atoms with E-state index in [1.54, 1.807) is 19.2 Å². The number of rotatable bonds is 7. The highest BCUT2D eigenvalue weighted by molar-refractivity contribution is 6.35. The predicted octanol–water partition coefficient (Wildman–Crippen LogP) is 4.68. The van der Waals surface area contributed by atoms with Crippen LogP contribution in [-0.4, -0.2) is 49.4 Å². The fourth-order valence-corrected chi connectivity index (χ4v) is 5.28. The molecule has 3 amide bonds. The Bertz CT molecular complexity index is 1380. The van der Waals surface area contributed by atoms with Crippen molar-refractivity contribution in [3.63, 3.8) is 0 Å². The Balaban J connectivity index is 1.37. The van der Waals surface area contributed by atoms with E-state index in [2.05, 4.69) is 10.2 Å². The van der Waals surface area contributed by atoms with Crippen LogP contribution in [0.2, 0.25) is 0 Å². The fourth-order valence-electron chi connectivity index (χ4n) is 5.28. The molecular weight excluding hydrogens is 466 g/mol. The van der Waals surface area contributed by atoms with E-state index in [9.17, 15) is 14.4 Å². The number of likely N-dealkylation sites (tertiary alicyclic amines) is 1. The lowest BCUT2D eigenvalue weighted by Crippen LogP contribution is -2.37. The van der Waals surface area contributed by atoms with Crippen LogP contribution < -0.4 is 15.0 Å². The second kappa shape index (κ2) is 10.2. The van der Waals surface area contributed by atoms with Crippen LogP contribution in [0.5, 0.6) is 5.75 Å². The van der Waals surface area contributed by atoms with E-state index >= 15 is 0 Å². The molecule has 0 unspecified atom stereocenters. The number of methoxy groups -OCH3 is 1. The Hall–Kier alpha value is -3.97. The summed E-state index contributed by atoms with van der Waals surface area (Å²) in [6, 6.07) is 18.3. The molecule has 37 heavy (non-hydrogen) atoms. The van der Waals surface area contributed by atoms with Crippen molar-refractivity contribution < 1.29 is 19.1 Å². The Kier molecular flexibility index (Phi) is 6.80. The van der Waals surface area contributed by atoms with Gasteiger partial charge in [-0.15, -0.1) is 0 Å². The third kappa shape index (κ3) is 4.62. The maximum atomic E-state index is 13.3. The minimum absolute atomic E-state index is 0.0278. The Labute approximate surface area is 217 Å². The molecule has 5 rings (SSSR count). The van der Waals surface area contributed by atoms with Gasteiger partial charge in [-0.3, -0.25) is 19.3 Å². The zero-order valence-electron chi connectivity index (χ0n) is 21.4. The van der Waals surface area contributed by atoms with Crippen molar-refractivity contribution in [1.82, 2.24) is 10.2 Å². The molecule has 3 aromatic rings. The van der Waals surface area contributed by atoms with Crippen LogP contribution >= 0.6 is 0 Å². The molecule has 1 N–H and O–H groups in total. The van der Waals surface area contributed by atoms with Gasteiger partial charge in [-0.2, -0.15) is 0 Å². The second-order valence-corrected chi connectivity index (χ2v) is 9.71. The largest absolute Gasteiger partial charge is 0.496 e. The molecule has 0 saturated carbocycles. The molecule has 0 bridgehead atoms. The first-order chi connectivity index (χ1) is 17.9. The smallest absolute Gasteiger partial charge is 0.266 e. The molecule has 3 aromatic carbocycles. The van der Waals surface area contributed by atoms with Crippen LogP contribution in [0.15, 0.2) is 60.7 Å². The van der Waals surface area contributed by atoms with Crippen LogP contribution in [0, 0.1) is 13.8 Å². The first-order valence-corrected chi connectivity index (χ1v) is 12.6. The average Bonchev–Trinajstić information content (AvgIpc) is 3.53. The summed E-state index contributed by atoms with van der Waals surface area (Å²) in [4.78, 5) is 43.2. The van der Waals surface area contributed by atoms with Crippen molar-refractivity contribution in [3.8, 4) is 5.75 Å². The summed E-state index contributed by atoms with van der Waals surface area (Å²) < 4.78 is 5.60. The van der Waals surface area contributed by atoms with Crippen LogP contribution in [-0.2, 0) is 0 Å².